The maximum absolute atomic E-state index is 13.8. The molecule has 6 heteroatoms. The summed E-state index contributed by atoms with van der Waals surface area (Å²) in [7, 11) is 1.94. The average Bonchev–Trinajstić information content (AvgIpc) is 3.21. The molecule has 2 heterocycles. The molecule has 0 fully saturated rings. The van der Waals surface area contributed by atoms with Gasteiger partial charge in [0.2, 0.25) is 0 Å². The first-order chi connectivity index (χ1) is 11.6. The van der Waals surface area contributed by atoms with Crippen LogP contribution in [0.5, 0.6) is 0 Å². The summed E-state index contributed by atoms with van der Waals surface area (Å²) in [5.41, 5.74) is 1.20. The van der Waals surface area contributed by atoms with Crippen molar-refractivity contribution in [2.45, 2.75) is 13.1 Å². The summed E-state index contributed by atoms with van der Waals surface area (Å²) in [6.07, 6.45) is 1.94. The predicted molar refractivity (Wildman–Crippen MR) is 94.4 cm³/mol. The number of aromatic nitrogens is 1. The second-order valence-corrected chi connectivity index (χ2v) is 6.49. The minimum Gasteiger partial charge on any atom is -0.353 e. The SMILES string of the molecule is Cn1cccc1CN(Cc1cccs1)C(=O)Nc1ccccc1F. The number of thiophene rings is 1. The van der Waals surface area contributed by atoms with E-state index in [0.29, 0.717) is 13.1 Å². The van der Waals surface area contributed by atoms with E-state index in [0.717, 1.165) is 10.6 Å². The van der Waals surface area contributed by atoms with E-state index in [1.54, 1.807) is 34.4 Å². The van der Waals surface area contributed by atoms with Gasteiger partial charge in [0.05, 0.1) is 18.8 Å². The Hall–Kier alpha value is -2.60. The Morgan fingerprint density at radius 1 is 1.17 bits per heavy atom. The molecule has 24 heavy (non-hydrogen) atoms. The number of nitrogens with one attached hydrogen (secondary N) is 1. The molecule has 0 saturated heterocycles. The van der Waals surface area contributed by atoms with Crippen molar-refractivity contribution < 1.29 is 9.18 Å². The van der Waals surface area contributed by atoms with Crippen LogP contribution < -0.4 is 5.32 Å². The van der Waals surface area contributed by atoms with Crippen molar-refractivity contribution in [2.24, 2.45) is 7.05 Å². The normalized spacial score (nSPS) is 10.6. The van der Waals surface area contributed by atoms with E-state index in [4.69, 9.17) is 0 Å². The summed E-state index contributed by atoms with van der Waals surface area (Å²) in [6.45, 7) is 0.921. The Kier molecular flexibility index (Phi) is 4.96. The maximum atomic E-state index is 13.8. The van der Waals surface area contributed by atoms with Crippen molar-refractivity contribution >= 4 is 23.1 Å². The van der Waals surface area contributed by atoms with Crippen molar-refractivity contribution in [1.29, 1.82) is 0 Å². The lowest BCUT2D eigenvalue weighted by Crippen LogP contribution is -2.34. The summed E-state index contributed by atoms with van der Waals surface area (Å²) >= 11 is 1.59. The molecule has 0 aliphatic heterocycles. The van der Waals surface area contributed by atoms with Gasteiger partial charge in [-0.3, -0.25) is 0 Å². The number of halogens is 1. The summed E-state index contributed by atoms with van der Waals surface area (Å²) in [4.78, 5) is 15.4. The fraction of sp³-hybridized carbons (Fsp3) is 0.167. The third-order valence-corrected chi connectivity index (χ3v) is 4.59. The van der Waals surface area contributed by atoms with Gasteiger partial charge in [-0.15, -0.1) is 11.3 Å². The van der Waals surface area contributed by atoms with E-state index in [1.807, 2.05) is 47.5 Å². The second kappa shape index (κ2) is 7.31. The number of para-hydroxylation sites is 1. The van der Waals surface area contributed by atoms with Gasteiger partial charge in [0.15, 0.2) is 0 Å². The highest BCUT2D eigenvalue weighted by Gasteiger charge is 2.17. The van der Waals surface area contributed by atoms with Crippen LogP contribution in [0.3, 0.4) is 0 Å². The maximum Gasteiger partial charge on any atom is 0.322 e. The van der Waals surface area contributed by atoms with Crippen LogP contribution in [0.1, 0.15) is 10.6 Å². The number of hydrogen-bond donors (Lipinski definition) is 1. The molecule has 2 aromatic heterocycles. The van der Waals surface area contributed by atoms with Crippen LogP contribution in [0, 0.1) is 5.82 Å². The van der Waals surface area contributed by atoms with Gasteiger partial charge in [0.25, 0.3) is 0 Å². The number of carbonyl (C=O) groups excluding carboxylic acids is 1. The van der Waals surface area contributed by atoms with Crippen LogP contribution in [0.4, 0.5) is 14.9 Å². The molecule has 1 aromatic carbocycles. The van der Waals surface area contributed by atoms with Gasteiger partial charge in [-0.25, -0.2) is 9.18 Å². The van der Waals surface area contributed by atoms with E-state index in [1.165, 1.54) is 6.07 Å². The van der Waals surface area contributed by atoms with E-state index >= 15 is 0 Å². The molecule has 0 saturated carbocycles. The molecular formula is C18H18FN3OS. The molecule has 0 atom stereocenters. The van der Waals surface area contributed by atoms with Crippen LogP contribution >= 0.6 is 11.3 Å². The van der Waals surface area contributed by atoms with Gasteiger partial charge in [0.1, 0.15) is 5.82 Å². The fourth-order valence-electron chi connectivity index (χ4n) is 2.40. The largest absolute Gasteiger partial charge is 0.353 e. The zero-order valence-electron chi connectivity index (χ0n) is 13.3. The van der Waals surface area contributed by atoms with Crippen molar-refractivity contribution in [3.8, 4) is 0 Å². The Morgan fingerprint density at radius 3 is 2.67 bits per heavy atom. The minimum atomic E-state index is -0.444. The highest BCUT2D eigenvalue weighted by molar-refractivity contribution is 7.09. The highest BCUT2D eigenvalue weighted by atomic mass is 32.1. The van der Waals surface area contributed by atoms with Gasteiger partial charge >= 0.3 is 6.03 Å². The van der Waals surface area contributed by atoms with Gasteiger partial charge in [0, 0.05) is 23.8 Å². The lowest BCUT2D eigenvalue weighted by molar-refractivity contribution is 0.205. The first-order valence-corrected chi connectivity index (χ1v) is 8.44. The van der Waals surface area contributed by atoms with Gasteiger partial charge in [-0.05, 0) is 35.7 Å². The Balaban J connectivity index is 1.79. The van der Waals surface area contributed by atoms with Crippen LogP contribution in [0.2, 0.25) is 0 Å². The number of anilines is 1. The first kappa shape index (κ1) is 16.3. The molecule has 4 nitrogen and oxygen atoms in total. The third kappa shape index (κ3) is 3.83. The molecule has 0 aliphatic rings. The number of carbonyl (C=O) groups is 1. The monoisotopic (exact) mass is 343 g/mol. The first-order valence-electron chi connectivity index (χ1n) is 7.56. The molecule has 0 aliphatic carbocycles. The number of benzene rings is 1. The van der Waals surface area contributed by atoms with E-state index in [9.17, 15) is 9.18 Å². The lowest BCUT2D eigenvalue weighted by Gasteiger charge is -2.23. The molecule has 124 valence electrons. The molecule has 0 unspecified atom stereocenters. The summed E-state index contributed by atoms with van der Waals surface area (Å²) in [6, 6.07) is 13.7. The molecule has 0 spiro atoms. The number of nitrogens with zero attached hydrogens (tertiary/aromatic N) is 2. The van der Waals surface area contributed by atoms with Crippen LogP contribution in [-0.4, -0.2) is 15.5 Å². The topological polar surface area (TPSA) is 37.3 Å². The predicted octanol–water partition coefficient (Wildman–Crippen LogP) is 4.46. The number of aryl methyl sites for hydroxylation is 1. The number of amides is 2. The van der Waals surface area contributed by atoms with Crippen LogP contribution in [-0.2, 0) is 20.1 Å². The molecular weight excluding hydrogens is 325 g/mol. The lowest BCUT2D eigenvalue weighted by atomic mass is 10.3. The highest BCUT2D eigenvalue weighted by Crippen LogP contribution is 2.18. The van der Waals surface area contributed by atoms with Crippen LogP contribution in [0.25, 0.3) is 0 Å². The van der Waals surface area contributed by atoms with Crippen molar-refractivity contribution in [3.63, 3.8) is 0 Å². The number of hydrogen-bond acceptors (Lipinski definition) is 2. The number of rotatable bonds is 5. The Morgan fingerprint density at radius 2 is 2.00 bits per heavy atom. The summed E-state index contributed by atoms with van der Waals surface area (Å²) in [5, 5.41) is 4.64. The zero-order valence-corrected chi connectivity index (χ0v) is 14.1. The third-order valence-electron chi connectivity index (χ3n) is 3.73. The second-order valence-electron chi connectivity index (χ2n) is 5.46. The Bertz CT molecular complexity index is 813. The zero-order chi connectivity index (χ0) is 16.9. The van der Waals surface area contributed by atoms with E-state index in [2.05, 4.69) is 5.32 Å². The number of urea groups is 1. The van der Waals surface area contributed by atoms with E-state index < -0.39 is 5.82 Å². The molecule has 3 aromatic rings. The van der Waals surface area contributed by atoms with Gasteiger partial charge in [-0.2, -0.15) is 0 Å². The molecule has 1 N–H and O–H groups in total. The fourth-order valence-corrected chi connectivity index (χ4v) is 3.12. The smallest absolute Gasteiger partial charge is 0.322 e. The standard InChI is InChI=1S/C18H18FN3OS/c1-21-10-4-6-14(21)12-22(13-15-7-5-11-24-15)18(23)20-17-9-3-2-8-16(17)19/h2-11H,12-13H2,1H3,(H,20,23). The molecule has 0 radical (unpaired) electrons. The molecule has 3 rings (SSSR count). The summed E-state index contributed by atoms with van der Waals surface area (Å²) < 4.78 is 15.8. The minimum absolute atomic E-state index is 0.186. The quantitative estimate of drug-likeness (QED) is 0.730. The molecule has 2 amide bonds. The van der Waals surface area contributed by atoms with Crippen molar-refractivity contribution in [2.75, 3.05) is 5.32 Å². The molecule has 0 bridgehead atoms. The van der Waals surface area contributed by atoms with Crippen LogP contribution in [0.15, 0.2) is 60.1 Å². The van der Waals surface area contributed by atoms with E-state index in [-0.39, 0.29) is 11.7 Å². The van der Waals surface area contributed by atoms with Crippen molar-refractivity contribution in [3.05, 3.63) is 76.5 Å². The van der Waals surface area contributed by atoms with Gasteiger partial charge in [-0.1, -0.05) is 18.2 Å². The van der Waals surface area contributed by atoms with Gasteiger partial charge < -0.3 is 14.8 Å². The van der Waals surface area contributed by atoms with Crippen molar-refractivity contribution in [1.82, 2.24) is 9.47 Å². The summed E-state index contributed by atoms with van der Waals surface area (Å²) in [5.74, 6) is -0.444. The average molecular weight is 343 g/mol. The Labute approximate surface area is 144 Å².